The van der Waals surface area contributed by atoms with Gasteiger partial charge in [-0.15, -0.1) is 0 Å². The molecular weight excluding hydrogens is 276 g/mol. The van der Waals surface area contributed by atoms with Gasteiger partial charge in [0.05, 0.1) is 10.7 Å². The molecule has 0 radical (unpaired) electrons. The molecule has 0 aliphatic carbocycles. The summed E-state index contributed by atoms with van der Waals surface area (Å²) in [4.78, 5) is 11.2. The van der Waals surface area contributed by atoms with E-state index in [1.54, 1.807) is 30.3 Å². The second-order valence-electron chi connectivity index (χ2n) is 4.52. The molecule has 0 fully saturated rings. The molecule has 0 aliphatic heterocycles. The first-order valence-corrected chi connectivity index (χ1v) is 6.50. The fourth-order valence-corrected chi connectivity index (χ4v) is 2.04. The summed E-state index contributed by atoms with van der Waals surface area (Å²) >= 11 is 6.10. The fourth-order valence-electron chi connectivity index (χ4n) is 1.87. The van der Waals surface area contributed by atoms with E-state index in [4.69, 9.17) is 17.3 Å². The smallest absolute Gasteiger partial charge is 0.248 e. The lowest BCUT2D eigenvalue weighted by Crippen LogP contribution is -2.12. The Labute approximate surface area is 122 Å². The minimum Gasteiger partial charge on any atom is -0.508 e. The number of amides is 1. The standard InChI is InChI=1S/C15H15ClN2O2/c1-9(10-2-5-12(19)6-3-10)18-14-8-11(15(17)20)4-7-13(14)16/h2-9,18-19H,1H3,(H2,17,20). The van der Waals surface area contributed by atoms with Crippen LogP contribution >= 0.6 is 11.6 Å². The van der Waals surface area contributed by atoms with Gasteiger partial charge >= 0.3 is 0 Å². The fraction of sp³-hybridized carbons (Fsp3) is 0.133. The lowest BCUT2D eigenvalue weighted by molar-refractivity contribution is 0.100. The summed E-state index contributed by atoms with van der Waals surface area (Å²) in [6, 6.07) is 11.7. The van der Waals surface area contributed by atoms with Crippen molar-refractivity contribution in [2.45, 2.75) is 13.0 Å². The Morgan fingerprint density at radius 1 is 1.25 bits per heavy atom. The van der Waals surface area contributed by atoms with Crippen LogP contribution in [0.4, 0.5) is 5.69 Å². The van der Waals surface area contributed by atoms with Gasteiger partial charge in [-0.1, -0.05) is 23.7 Å². The van der Waals surface area contributed by atoms with E-state index >= 15 is 0 Å². The number of aromatic hydroxyl groups is 1. The molecule has 0 saturated heterocycles. The highest BCUT2D eigenvalue weighted by molar-refractivity contribution is 6.33. The topological polar surface area (TPSA) is 75.3 Å². The van der Waals surface area contributed by atoms with Crippen molar-refractivity contribution in [1.29, 1.82) is 0 Å². The molecule has 104 valence electrons. The molecule has 5 heteroatoms. The van der Waals surface area contributed by atoms with Crippen molar-refractivity contribution >= 4 is 23.2 Å². The van der Waals surface area contributed by atoms with E-state index in [0.717, 1.165) is 5.56 Å². The van der Waals surface area contributed by atoms with Crippen LogP contribution in [0, 0.1) is 0 Å². The van der Waals surface area contributed by atoms with E-state index in [1.807, 2.05) is 19.1 Å². The zero-order valence-corrected chi connectivity index (χ0v) is 11.7. The molecule has 1 amide bonds. The van der Waals surface area contributed by atoms with Crippen LogP contribution in [-0.2, 0) is 0 Å². The van der Waals surface area contributed by atoms with Crippen LogP contribution < -0.4 is 11.1 Å². The molecule has 2 rings (SSSR count). The number of carbonyl (C=O) groups is 1. The average Bonchev–Trinajstić information content (AvgIpc) is 2.41. The number of benzene rings is 2. The molecule has 4 N–H and O–H groups in total. The van der Waals surface area contributed by atoms with E-state index in [0.29, 0.717) is 16.3 Å². The maximum absolute atomic E-state index is 11.2. The van der Waals surface area contributed by atoms with Crippen molar-refractivity contribution in [3.8, 4) is 5.75 Å². The molecule has 0 aliphatic rings. The van der Waals surface area contributed by atoms with Crippen LogP contribution in [0.2, 0.25) is 5.02 Å². The molecule has 1 unspecified atom stereocenters. The second-order valence-corrected chi connectivity index (χ2v) is 4.92. The summed E-state index contributed by atoms with van der Waals surface area (Å²) < 4.78 is 0. The number of halogens is 1. The minimum atomic E-state index is -0.498. The second kappa shape index (κ2) is 5.84. The third-order valence-corrected chi connectivity index (χ3v) is 3.35. The Hall–Kier alpha value is -2.20. The Kier molecular flexibility index (Phi) is 4.15. The maximum atomic E-state index is 11.2. The van der Waals surface area contributed by atoms with Gasteiger partial charge in [-0.05, 0) is 42.8 Å². The monoisotopic (exact) mass is 290 g/mol. The molecule has 4 nitrogen and oxygen atoms in total. The van der Waals surface area contributed by atoms with Gasteiger partial charge in [-0.2, -0.15) is 0 Å². The normalized spacial score (nSPS) is 11.9. The van der Waals surface area contributed by atoms with Crippen LogP contribution in [0.1, 0.15) is 28.9 Å². The van der Waals surface area contributed by atoms with Gasteiger partial charge in [-0.25, -0.2) is 0 Å². The van der Waals surface area contributed by atoms with E-state index < -0.39 is 5.91 Å². The molecule has 2 aromatic rings. The predicted octanol–water partition coefficient (Wildman–Crippen LogP) is 3.32. The van der Waals surface area contributed by atoms with Crippen LogP contribution in [-0.4, -0.2) is 11.0 Å². The Morgan fingerprint density at radius 2 is 1.90 bits per heavy atom. The van der Waals surface area contributed by atoms with Crippen molar-refractivity contribution in [1.82, 2.24) is 0 Å². The SMILES string of the molecule is CC(Nc1cc(C(N)=O)ccc1Cl)c1ccc(O)cc1. The molecule has 0 saturated carbocycles. The highest BCUT2D eigenvalue weighted by Gasteiger charge is 2.10. The summed E-state index contributed by atoms with van der Waals surface area (Å²) in [6.45, 7) is 1.96. The Balaban J connectivity index is 2.22. The first kappa shape index (κ1) is 14.2. The lowest BCUT2D eigenvalue weighted by atomic mass is 10.1. The van der Waals surface area contributed by atoms with Gasteiger partial charge in [0.2, 0.25) is 5.91 Å². The van der Waals surface area contributed by atoms with E-state index in [-0.39, 0.29) is 11.8 Å². The number of nitrogens with two attached hydrogens (primary N) is 1. The van der Waals surface area contributed by atoms with Crippen molar-refractivity contribution < 1.29 is 9.90 Å². The van der Waals surface area contributed by atoms with Gasteiger partial charge < -0.3 is 16.2 Å². The molecule has 20 heavy (non-hydrogen) atoms. The number of primary amides is 1. The number of phenolic OH excluding ortho intramolecular Hbond substituents is 1. The molecule has 1 atom stereocenters. The van der Waals surface area contributed by atoms with Gasteiger partial charge in [-0.3, -0.25) is 4.79 Å². The van der Waals surface area contributed by atoms with Crippen molar-refractivity contribution in [3.05, 3.63) is 58.6 Å². The number of carbonyl (C=O) groups excluding carboxylic acids is 1. The van der Waals surface area contributed by atoms with Crippen molar-refractivity contribution in [2.24, 2.45) is 5.73 Å². The van der Waals surface area contributed by atoms with Gasteiger partial charge in [0.1, 0.15) is 5.75 Å². The third-order valence-electron chi connectivity index (χ3n) is 3.02. The number of hydrogen-bond donors (Lipinski definition) is 3. The van der Waals surface area contributed by atoms with Crippen LogP contribution in [0.5, 0.6) is 5.75 Å². The van der Waals surface area contributed by atoms with Gasteiger partial charge in [0.15, 0.2) is 0 Å². The summed E-state index contributed by atoms with van der Waals surface area (Å²) in [5.41, 5.74) is 7.28. The number of anilines is 1. The third kappa shape index (κ3) is 3.22. The average molecular weight is 291 g/mol. The first-order valence-electron chi connectivity index (χ1n) is 6.12. The highest BCUT2D eigenvalue weighted by atomic mass is 35.5. The molecule has 0 heterocycles. The zero-order chi connectivity index (χ0) is 14.7. The van der Waals surface area contributed by atoms with E-state index in [2.05, 4.69) is 5.32 Å². The summed E-state index contributed by atoms with van der Waals surface area (Å²) in [7, 11) is 0. The van der Waals surface area contributed by atoms with Crippen molar-refractivity contribution in [3.63, 3.8) is 0 Å². The minimum absolute atomic E-state index is 0.0313. The quantitative estimate of drug-likeness (QED) is 0.808. The number of nitrogens with one attached hydrogen (secondary N) is 1. The van der Waals surface area contributed by atoms with Crippen LogP contribution in [0.15, 0.2) is 42.5 Å². The molecule has 0 spiro atoms. The van der Waals surface area contributed by atoms with Crippen LogP contribution in [0.3, 0.4) is 0 Å². The summed E-state index contributed by atoms with van der Waals surface area (Å²) in [5.74, 6) is -0.281. The summed E-state index contributed by atoms with van der Waals surface area (Å²) in [6.07, 6.45) is 0. The van der Waals surface area contributed by atoms with E-state index in [9.17, 15) is 9.90 Å². The molecule has 0 bridgehead atoms. The molecule has 2 aromatic carbocycles. The van der Waals surface area contributed by atoms with Crippen molar-refractivity contribution in [2.75, 3.05) is 5.32 Å². The highest BCUT2D eigenvalue weighted by Crippen LogP contribution is 2.27. The lowest BCUT2D eigenvalue weighted by Gasteiger charge is -2.17. The summed E-state index contributed by atoms with van der Waals surface area (Å²) in [5, 5.41) is 13.0. The predicted molar refractivity (Wildman–Crippen MR) is 80.1 cm³/mol. The van der Waals surface area contributed by atoms with Gasteiger partial charge in [0.25, 0.3) is 0 Å². The maximum Gasteiger partial charge on any atom is 0.248 e. The van der Waals surface area contributed by atoms with E-state index in [1.165, 1.54) is 0 Å². The number of phenols is 1. The van der Waals surface area contributed by atoms with Gasteiger partial charge in [0, 0.05) is 11.6 Å². The zero-order valence-electron chi connectivity index (χ0n) is 10.9. The van der Waals surface area contributed by atoms with Crippen LogP contribution in [0.25, 0.3) is 0 Å². The number of hydrogen-bond acceptors (Lipinski definition) is 3. The molecule has 0 aromatic heterocycles. The Bertz CT molecular complexity index is 626. The number of rotatable bonds is 4. The Morgan fingerprint density at radius 3 is 2.50 bits per heavy atom. The largest absolute Gasteiger partial charge is 0.508 e. The first-order chi connectivity index (χ1) is 9.47. The molecular formula is C15H15ClN2O2.